The Labute approximate surface area is 164 Å². The number of hydrogen-bond donors (Lipinski definition) is 1. The molecule has 2 aromatic carbocycles. The van der Waals surface area contributed by atoms with Crippen molar-refractivity contribution in [3.05, 3.63) is 76.5 Å². The monoisotopic (exact) mass is 377 g/mol. The Balaban J connectivity index is 1.67. The molecule has 0 atom stereocenters. The lowest BCUT2D eigenvalue weighted by Gasteiger charge is -2.16. The molecule has 0 aliphatic heterocycles. The maximum atomic E-state index is 12.5. The molecule has 2 aromatic rings. The summed E-state index contributed by atoms with van der Waals surface area (Å²) in [7, 11) is 0. The van der Waals surface area contributed by atoms with Crippen molar-refractivity contribution in [2.75, 3.05) is 6.61 Å². The maximum absolute atomic E-state index is 12.5. The Kier molecular flexibility index (Phi) is 6.37. The van der Waals surface area contributed by atoms with Crippen molar-refractivity contribution < 1.29 is 19.1 Å². The van der Waals surface area contributed by atoms with E-state index in [0.717, 1.165) is 24.8 Å². The predicted octanol–water partition coefficient (Wildman–Crippen LogP) is 3.47. The van der Waals surface area contributed by atoms with Gasteiger partial charge in [-0.15, -0.1) is 0 Å². The zero-order chi connectivity index (χ0) is 19.9. The highest BCUT2D eigenvalue weighted by molar-refractivity contribution is 6.01. The molecule has 144 valence electrons. The number of rotatable bonds is 6. The van der Waals surface area contributed by atoms with Gasteiger partial charge in [-0.05, 0) is 54.5 Å². The number of nitrogens with one attached hydrogen (secondary N) is 1. The highest BCUT2D eigenvalue weighted by atomic mass is 16.5. The lowest BCUT2D eigenvalue weighted by Crippen LogP contribution is -2.27. The first kappa shape index (κ1) is 19.5. The molecule has 0 fully saturated rings. The fraction of sp³-hybridized carbons (Fsp3) is 0.261. The molecule has 1 amide bonds. The average molecular weight is 377 g/mol. The molecule has 1 aliphatic rings. The van der Waals surface area contributed by atoms with Gasteiger partial charge in [-0.2, -0.15) is 0 Å². The standard InChI is InChI=1S/C23H23NO4/c1-16(25)24-21(13-17-7-3-2-4-8-17)23(27)28-15-22(26)20-12-11-18-9-5-6-10-19(18)14-20/h2-4,7-8,11-14H,5-6,9-10,15H2,1H3,(H,24,25)/b21-13+. The molecule has 0 spiro atoms. The van der Waals surface area contributed by atoms with E-state index in [9.17, 15) is 14.4 Å². The van der Waals surface area contributed by atoms with Gasteiger partial charge in [0.25, 0.3) is 0 Å². The van der Waals surface area contributed by atoms with Crippen LogP contribution in [-0.4, -0.2) is 24.3 Å². The number of ether oxygens (including phenoxy) is 1. The molecule has 0 saturated heterocycles. The van der Waals surface area contributed by atoms with Crippen molar-refractivity contribution in [3.63, 3.8) is 0 Å². The maximum Gasteiger partial charge on any atom is 0.355 e. The second kappa shape index (κ2) is 9.13. The second-order valence-electron chi connectivity index (χ2n) is 6.84. The van der Waals surface area contributed by atoms with Crippen LogP contribution in [0, 0.1) is 0 Å². The van der Waals surface area contributed by atoms with E-state index in [0.29, 0.717) is 5.56 Å². The third kappa shape index (κ3) is 5.16. The number of ketones is 1. The third-order valence-corrected chi connectivity index (χ3v) is 4.65. The lowest BCUT2D eigenvalue weighted by molar-refractivity contribution is -0.139. The van der Waals surface area contributed by atoms with E-state index in [-0.39, 0.29) is 24.0 Å². The molecule has 0 saturated carbocycles. The van der Waals surface area contributed by atoms with Crippen LogP contribution in [0.5, 0.6) is 0 Å². The molecular weight excluding hydrogens is 354 g/mol. The first-order valence-electron chi connectivity index (χ1n) is 9.39. The molecule has 0 radical (unpaired) electrons. The summed E-state index contributed by atoms with van der Waals surface area (Å²) in [6.07, 6.45) is 5.85. The van der Waals surface area contributed by atoms with Crippen LogP contribution in [0.3, 0.4) is 0 Å². The van der Waals surface area contributed by atoms with Crippen molar-refractivity contribution in [2.24, 2.45) is 0 Å². The molecule has 0 aromatic heterocycles. The summed E-state index contributed by atoms with van der Waals surface area (Å²) < 4.78 is 5.17. The Bertz CT molecular complexity index is 915. The molecule has 1 aliphatic carbocycles. The van der Waals surface area contributed by atoms with Crippen LogP contribution in [0.1, 0.15) is 46.8 Å². The van der Waals surface area contributed by atoms with Crippen LogP contribution >= 0.6 is 0 Å². The normalized spacial score (nSPS) is 13.4. The molecule has 0 unspecified atom stereocenters. The van der Waals surface area contributed by atoms with Gasteiger partial charge in [-0.1, -0.05) is 42.5 Å². The van der Waals surface area contributed by atoms with E-state index in [1.165, 1.54) is 30.5 Å². The van der Waals surface area contributed by atoms with E-state index in [2.05, 4.69) is 5.32 Å². The molecule has 5 heteroatoms. The van der Waals surface area contributed by atoms with Gasteiger partial charge in [-0.3, -0.25) is 9.59 Å². The highest BCUT2D eigenvalue weighted by Gasteiger charge is 2.17. The smallest absolute Gasteiger partial charge is 0.355 e. The largest absolute Gasteiger partial charge is 0.453 e. The molecule has 1 N–H and O–H groups in total. The number of fused-ring (bicyclic) bond motifs is 1. The zero-order valence-electron chi connectivity index (χ0n) is 15.9. The van der Waals surface area contributed by atoms with Crippen molar-refractivity contribution in [2.45, 2.75) is 32.6 Å². The summed E-state index contributed by atoms with van der Waals surface area (Å²) in [5, 5.41) is 2.47. The Morgan fingerprint density at radius 3 is 2.43 bits per heavy atom. The molecule has 0 heterocycles. The second-order valence-corrected chi connectivity index (χ2v) is 6.84. The minimum atomic E-state index is -0.745. The fourth-order valence-electron chi connectivity index (χ4n) is 3.25. The highest BCUT2D eigenvalue weighted by Crippen LogP contribution is 2.22. The molecule has 3 rings (SSSR count). The van der Waals surface area contributed by atoms with Crippen molar-refractivity contribution in [1.82, 2.24) is 5.32 Å². The summed E-state index contributed by atoms with van der Waals surface area (Å²) in [5.74, 6) is -1.39. The Morgan fingerprint density at radius 2 is 1.71 bits per heavy atom. The summed E-state index contributed by atoms with van der Waals surface area (Å²) in [5.41, 5.74) is 3.77. The van der Waals surface area contributed by atoms with Crippen LogP contribution in [-0.2, 0) is 27.2 Å². The van der Waals surface area contributed by atoms with Crippen LogP contribution in [0.2, 0.25) is 0 Å². The Morgan fingerprint density at radius 1 is 1.00 bits per heavy atom. The van der Waals surface area contributed by atoms with Gasteiger partial charge in [0, 0.05) is 12.5 Å². The van der Waals surface area contributed by atoms with Crippen LogP contribution in [0.4, 0.5) is 0 Å². The van der Waals surface area contributed by atoms with Gasteiger partial charge in [0.05, 0.1) is 0 Å². The SMILES string of the molecule is CC(=O)N/C(=C/c1ccccc1)C(=O)OCC(=O)c1ccc2c(c1)CCCC2. The number of Topliss-reactive ketones (excluding diaryl/α,β-unsaturated/α-hetero) is 1. The van der Waals surface area contributed by atoms with Crippen molar-refractivity contribution in [1.29, 1.82) is 0 Å². The number of carbonyl (C=O) groups excluding carboxylic acids is 3. The molecule has 28 heavy (non-hydrogen) atoms. The number of aryl methyl sites for hydroxylation is 2. The first-order chi connectivity index (χ1) is 13.5. The lowest BCUT2D eigenvalue weighted by atomic mass is 9.90. The van der Waals surface area contributed by atoms with Gasteiger partial charge in [0.1, 0.15) is 5.70 Å². The zero-order valence-corrected chi connectivity index (χ0v) is 15.9. The number of carbonyl (C=O) groups is 3. The van der Waals surface area contributed by atoms with Crippen LogP contribution in [0.25, 0.3) is 6.08 Å². The summed E-state index contributed by atoms with van der Waals surface area (Å²) in [4.78, 5) is 36.3. The van der Waals surface area contributed by atoms with E-state index in [1.807, 2.05) is 30.3 Å². The van der Waals surface area contributed by atoms with Gasteiger partial charge >= 0.3 is 5.97 Å². The van der Waals surface area contributed by atoms with E-state index < -0.39 is 5.97 Å². The minimum Gasteiger partial charge on any atom is -0.453 e. The molecular formula is C23H23NO4. The topological polar surface area (TPSA) is 72.5 Å². The summed E-state index contributed by atoms with van der Waals surface area (Å²) >= 11 is 0. The van der Waals surface area contributed by atoms with Gasteiger partial charge in [0.15, 0.2) is 12.4 Å². The average Bonchev–Trinajstić information content (AvgIpc) is 2.71. The van der Waals surface area contributed by atoms with Gasteiger partial charge < -0.3 is 10.1 Å². The minimum absolute atomic E-state index is 0.00283. The fourth-order valence-corrected chi connectivity index (χ4v) is 3.25. The van der Waals surface area contributed by atoms with Crippen LogP contribution in [0.15, 0.2) is 54.2 Å². The number of hydrogen-bond acceptors (Lipinski definition) is 4. The summed E-state index contributed by atoms with van der Waals surface area (Å²) in [6.45, 7) is 0.938. The quantitative estimate of drug-likeness (QED) is 0.475. The van der Waals surface area contributed by atoms with Crippen LogP contribution < -0.4 is 5.32 Å². The number of amides is 1. The molecule has 0 bridgehead atoms. The van der Waals surface area contributed by atoms with Crippen molar-refractivity contribution in [3.8, 4) is 0 Å². The van der Waals surface area contributed by atoms with Crippen molar-refractivity contribution >= 4 is 23.7 Å². The van der Waals surface area contributed by atoms with E-state index in [1.54, 1.807) is 18.2 Å². The Hall–Kier alpha value is -3.21. The van der Waals surface area contributed by atoms with Gasteiger partial charge in [-0.25, -0.2) is 4.79 Å². The predicted molar refractivity (Wildman–Crippen MR) is 107 cm³/mol. The summed E-state index contributed by atoms with van der Waals surface area (Å²) in [6, 6.07) is 14.8. The third-order valence-electron chi connectivity index (χ3n) is 4.65. The number of benzene rings is 2. The number of esters is 1. The van der Waals surface area contributed by atoms with E-state index >= 15 is 0 Å². The van der Waals surface area contributed by atoms with E-state index in [4.69, 9.17) is 4.74 Å². The van der Waals surface area contributed by atoms with Gasteiger partial charge in [0.2, 0.25) is 5.91 Å². The molecule has 5 nitrogen and oxygen atoms in total. The first-order valence-corrected chi connectivity index (χ1v) is 9.39.